The van der Waals surface area contributed by atoms with Gasteiger partial charge in [0.25, 0.3) is 0 Å². The molecule has 0 aromatic rings. The summed E-state index contributed by atoms with van der Waals surface area (Å²) in [5.74, 6) is -0.256. The van der Waals surface area contributed by atoms with Crippen LogP contribution in [0.4, 0.5) is 0 Å². The molecule has 1 rings (SSSR count). The summed E-state index contributed by atoms with van der Waals surface area (Å²) in [5, 5.41) is 3.01. The number of methoxy groups -OCH3 is 1. The van der Waals surface area contributed by atoms with Gasteiger partial charge < -0.3 is 14.8 Å². The van der Waals surface area contributed by atoms with Gasteiger partial charge in [0.05, 0.1) is 13.2 Å². The SMILES string of the molecule is CNC[C@H]1CC[C@@H](C(=O)OC)O1. The molecule has 12 heavy (non-hydrogen) atoms. The van der Waals surface area contributed by atoms with Gasteiger partial charge in [-0.2, -0.15) is 0 Å². The fourth-order valence-electron chi connectivity index (χ4n) is 1.39. The molecule has 1 saturated heterocycles. The van der Waals surface area contributed by atoms with Crippen LogP contribution < -0.4 is 5.32 Å². The van der Waals surface area contributed by atoms with Crippen LogP contribution in [-0.2, 0) is 14.3 Å². The molecule has 1 heterocycles. The minimum absolute atomic E-state index is 0.166. The molecule has 0 aromatic heterocycles. The molecule has 0 amide bonds. The van der Waals surface area contributed by atoms with Gasteiger partial charge in [-0.3, -0.25) is 0 Å². The maximum Gasteiger partial charge on any atom is 0.334 e. The summed E-state index contributed by atoms with van der Waals surface area (Å²) >= 11 is 0. The summed E-state index contributed by atoms with van der Waals surface area (Å²) in [7, 11) is 3.26. The number of esters is 1. The van der Waals surface area contributed by atoms with Crippen LogP contribution in [0, 0.1) is 0 Å². The van der Waals surface area contributed by atoms with Crippen LogP contribution in [0.25, 0.3) is 0 Å². The van der Waals surface area contributed by atoms with Gasteiger partial charge in [0, 0.05) is 6.54 Å². The van der Waals surface area contributed by atoms with Crippen molar-refractivity contribution < 1.29 is 14.3 Å². The minimum atomic E-state index is -0.339. The van der Waals surface area contributed by atoms with Crippen molar-refractivity contribution in [3.63, 3.8) is 0 Å². The van der Waals surface area contributed by atoms with E-state index in [0.29, 0.717) is 0 Å². The first kappa shape index (κ1) is 9.48. The fourth-order valence-corrected chi connectivity index (χ4v) is 1.39. The first-order valence-corrected chi connectivity index (χ1v) is 4.15. The van der Waals surface area contributed by atoms with Gasteiger partial charge in [0.15, 0.2) is 6.10 Å². The Hall–Kier alpha value is -0.610. The highest BCUT2D eigenvalue weighted by Gasteiger charge is 2.30. The predicted molar refractivity (Wildman–Crippen MR) is 43.8 cm³/mol. The normalized spacial score (nSPS) is 28.8. The molecule has 0 radical (unpaired) electrons. The molecule has 1 aliphatic heterocycles. The zero-order chi connectivity index (χ0) is 8.97. The first-order valence-electron chi connectivity index (χ1n) is 4.15. The number of likely N-dealkylation sites (N-methyl/N-ethyl adjacent to an activating group) is 1. The summed E-state index contributed by atoms with van der Waals surface area (Å²) in [5.41, 5.74) is 0. The van der Waals surface area contributed by atoms with Crippen molar-refractivity contribution in [1.82, 2.24) is 5.32 Å². The number of ether oxygens (including phenoxy) is 2. The molecule has 0 spiro atoms. The van der Waals surface area contributed by atoms with Crippen molar-refractivity contribution in [2.24, 2.45) is 0 Å². The van der Waals surface area contributed by atoms with E-state index in [-0.39, 0.29) is 18.2 Å². The zero-order valence-electron chi connectivity index (χ0n) is 7.50. The Morgan fingerprint density at radius 1 is 1.67 bits per heavy atom. The largest absolute Gasteiger partial charge is 0.467 e. The van der Waals surface area contributed by atoms with Gasteiger partial charge in [0.2, 0.25) is 0 Å². The molecule has 0 aliphatic carbocycles. The van der Waals surface area contributed by atoms with Crippen molar-refractivity contribution in [3.05, 3.63) is 0 Å². The van der Waals surface area contributed by atoms with Gasteiger partial charge in [-0.25, -0.2) is 4.79 Å². The van der Waals surface area contributed by atoms with E-state index >= 15 is 0 Å². The van der Waals surface area contributed by atoms with Crippen molar-refractivity contribution in [2.45, 2.75) is 25.0 Å². The van der Waals surface area contributed by atoms with Gasteiger partial charge in [-0.1, -0.05) is 0 Å². The van der Waals surface area contributed by atoms with Crippen LogP contribution in [0.1, 0.15) is 12.8 Å². The molecule has 1 N–H and O–H groups in total. The summed E-state index contributed by atoms with van der Waals surface area (Å²) in [6, 6.07) is 0. The Labute approximate surface area is 72.2 Å². The zero-order valence-corrected chi connectivity index (χ0v) is 7.50. The molecular weight excluding hydrogens is 158 g/mol. The molecule has 70 valence electrons. The number of carbonyl (C=O) groups is 1. The monoisotopic (exact) mass is 173 g/mol. The third-order valence-electron chi connectivity index (χ3n) is 2.00. The smallest absolute Gasteiger partial charge is 0.334 e. The molecule has 1 aliphatic rings. The van der Waals surface area contributed by atoms with Crippen LogP contribution in [0.2, 0.25) is 0 Å². The van der Waals surface area contributed by atoms with E-state index in [1.807, 2.05) is 7.05 Å². The van der Waals surface area contributed by atoms with Crippen LogP contribution in [-0.4, -0.2) is 38.9 Å². The Morgan fingerprint density at radius 2 is 2.42 bits per heavy atom. The Bertz CT molecular complexity index is 160. The number of hydrogen-bond donors (Lipinski definition) is 1. The summed E-state index contributed by atoms with van der Waals surface area (Å²) < 4.78 is 9.99. The standard InChI is InChI=1S/C8H15NO3/c1-9-5-6-3-4-7(12-6)8(10)11-2/h6-7,9H,3-5H2,1-2H3/t6-,7+/m1/s1. The van der Waals surface area contributed by atoms with E-state index < -0.39 is 0 Å². The van der Waals surface area contributed by atoms with Crippen LogP contribution in [0.3, 0.4) is 0 Å². The van der Waals surface area contributed by atoms with Crippen LogP contribution >= 0.6 is 0 Å². The van der Waals surface area contributed by atoms with E-state index in [0.717, 1.165) is 19.4 Å². The van der Waals surface area contributed by atoms with Crippen molar-refractivity contribution in [2.75, 3.05) is 20.7 Å². The molecule has 4 heteroatoms. The second-order valence-electron chi connectivity index (χ2n) is 2.90. The topological polar surface area (TPSA) is 47.6 Å². The average Bonchev–Trinajstić information content (AvgIpc) is 2.52. The molecule has 0 aromatic carbocycles. The average molecular weight is 173 g/mol. The Kier molecular flexibility index (Phi) is 3.49. The maximum absolute atomic E-state index is 11.0. The molecule has 2 atom stereocenters. The number of nitrogens with one attached hydrogen (secondary N) is 1. The lowest BCUT2D eigenvalue weighted by Crippen LogP contribution is -2.27. The number of hydrogen-bond acceptors (Lipinski definition) is 4. The van der Waals surface area contributed by atoms with Crippen molar-refractivity contribution in [3.8, 4) is 0 Å². The van der Waals surface area contributed by atoms with E-state index in [2.05, 4.69) is 10.1 Å². The lowest BCUT2D eigenvalue weighted by molar-refractivity contribution is -0.153. The van der Waals surface area contributed by atoms with Gasteiger partial charge in [-0.05, 0) is 19.9 Å². The van der Waals surface area contributed by atoms with Crippen LogP contribution in [0.15, 0.2) is 0 Å². The van der Waals surface area contributed by atoms with E-state index in [9.17, 15) is 4.79 Å². The third kappa shape index (κ3) is 2.19. The Morgan fingerprint density at radius 3 is 3.00 bits per heavy atom. The lowest BCUT2D eigenvalue weighted by Gasteiger charge is -2.10. The summed E-state index contributed by atoms with van der Waals surface area (Å²) in [6.07, 6.45) is 1.53. The van der Waals surface area contributed by atoms with Crippen LogP contribution in [0.5, 0.6) is 0 Å². The molecule has 0 bridgehead atoms. The number of carbonyl (C=O) groups excluding carboxylic acids is 1. The Balaban J connectivity index is 2.30. The highest BCUT2D eigenvalue weighted by molar-refractivity contribution is 5.74. The quantitative estimate of drug-likeness (QED) is 0.607. The van der Waals surface area contributed by atoms with E-state index in [1.54, 1.807) is 0 Å². The van der Waals surface area contributed by atoms with Gasteiger partial charge in [-0.15, -0.1) is 0 Å². The molecular formula is C8H15NO3. The predicted octanol–water partition coefficient (Wildman–Crippen LogP) is -0.0736. The maximum atomic E-state index is 11.0. The van der Waals surface area contributed by atoms with E-state index in [1.165, 1.54) is 7.11 Å². The fraction of sp³-hybridized carbons (Fsp3) is 0.875. The second-order valence-corrected chi connectivity index (χ2v) is 2.90. The minimum Gasteiger partial charge on any atom is -0.467 e. The highest BCUT2D eigenvalue weighted by Crippen LogP contribution is 2.19. The van der Waals surface area contributed by atoms with E-state index in [4.69, 9.17) is 4.74 Å². The molecule has 0 unspecified atom stereocenters. The molecule has 1 fully saturated rings. The first-order chi connectivity index (χ1) is 5.77. The molecule has 4 nitrogen and oxygen atoms in total. The third-order valence-corrected chi connectivity index (χ3v) is 2.00. The lowest BCUT2D eigenvalue weighted by atomic mass is 10.2. The second kappa shape index (κ2) is 4.42. The van der Waals surface area contributed by atoms with Gasteiger partial charge >= 0.3 is 5.97 Å². The van der Waals surface area contributed by atoms with Crippen molar-refractivity contribution in [1.29, 1.82) is 0 Å². The highest BCUT2D eigenvalue weighted by atomic mass is 16.6. The number of rotatable bonds is 3. The summed E-state index contributed by atoms with van der Waals surface area (Å²) in [6.45, 7) is 0.799. The van der Waals surface area contributed by atoms with Crippen molar-refractivity contribution >= 4 is 5.97 Å². The van der Waals surface area contributed by atoms with Gasteiger partial charge in [0.1, 0.15) is 0 Å². The summed E-state index contributed by atoms with van der Waals surface area (Å²) in [4.78, 5) is 11.0. The molecule has 0 saturated carbocycles.